The fourth-order valence-electron chi connectivity index (χ4n) is 3.14. The Morgan fingerprint density at radius 1 is 1.35 bits per heavy atom. The van der Waals surface area contributed by atoms with Gasteiger partial charge in [0.05, 0.1) is 18.3 Å². The van der Waals surface area contributed by atoms with Crippen LogP contribution in [0.15, 0.2) is 30.6 Å². The summed E-state index contributed by atoms with van der Waals surface area (Å²) in [7, 11) is 1.83. The number of hydrogen-bond donors (Lipinski definition) is 2. The Balaban J connectivity index is 1.49. The number of nitrogens with one attached hydrogen (secondary N) is 2. The molecule has 118 valence electrons. The van der Waals surface area contributed by atoms with E-state index in [2.05, 4.69) is 15.7 Å². The highest BCUT2D eigenvalue weighted by Crippen LogP contribution is 2.28. The van der Waals surface area contributed by atoms with Crippen molar-refractivity contribution in [3.8, 4) is 0 Å². The van der Waals surface area contributed by atoms with Crippen LogP contribution in [0.4, 0.5) is 17.1 Å². The lowest BCUT2D eigenvalue weighted by Crippen LogP contribution is -2.33. The lowest BCUT2D eigenvalue weighted by molar-refractivity contribution is -0.117. The van der Waals surface area contributed by atoms with Gasteiger partial charge in [-0.3, -0.25) is 14.3 Å². The SMILES string of the molecule is Cn1cc(N2CCC(Nc3ccc4c(c3)CC(=O)N4)C2=O)cn1. The number of benzene rings is 1. The van der Waals surface area contributed by atoms with Gasteiger partial charge in [-0.1, -0.05) is 0 Å². The molecular formula is C16H17N5O2. The maximum atomic E-state index is 12.6. The first-order chi connectivity index (χ1) is 11.1. The molecule has 2 aliphatic heterocycles. The summed E-state index contributed by atoms with van der Waals surface area (Å²) in [5.74, 6) is 0.0598. The Bertz CT molecular complexity index is 798. The van der Waals surface area contributed by atoms with Crippen molar-refractivity contribution in [1.82, 2.24) is 9.78 Å². The number of amides is 2. The van der Waals surface area contributed by atoms with Crippen molar-refractivity contribution in [2.24, 2.45) is 7.05 Å². The fraction of sp³-hybridized carbons (Fsp3) is 0.312. The highest BCUT2D eigenvalue weighted by atomic mass is 16.2. The Kier molecular flexibility index (Phi) is 3.07. The third-order valence-corrected chi connectivity index (χ3v) is 4.28. The minimum absolute atomic E-state index is 0.0110. The van der Waals surface area contributed by atoms with Crippen molar-refractivity contribution >= 4 is 28.9 Å². The molecule has 2 aliphatic rings. The zero-order chi connectivity index (χ0) is 16.0. The second kappa shape index (κ2) is 5.12. The molecule has 1 aromatic carbocycles. The summed E-state index contributed by atoms with van der Waals surface area (Å²) < 4.78 is 1.69. The molecule has 0 spiro atoms. The van der Waals surface area contributed by atoms with Crippen molar-refractivity contribution in [1.29, 1.82) is 0 Å². The summed E-state index contributed by atoms with van der Waals surface area (Å²) in [5, 5.41) is 10.2. The van der Waals surface area contributed by atoms with Gasteiger partial charge < -0.3 is 15.5 Å². The summed E-state index contributed by atoms with van der Waals surface area (Å²) in [6.45, 7) is 0.674. The smallest absolute Gasteiger partial charge is 0.249 e. The van der Waals surface area contributed by atoms with Crippen LogP contribution < -0.4 is 15.5 Å². The van der Waals surface area contributed by atoms with Gasteiger partial charge in [-0.2, -0.15) is 5.10 Å². The van der Waals surface area contributed by atoms with Crippen LogP contribution in [0.3, 0.4) is 0 Å². The highest BCUT2D eigenvalue weighted by molar-refractivity contribution is 6.01. The van der Waals surface area contributed by atoms with Gasteiger partial charge in [0.1, 0.15) is 6.04 Å². The Hall–Kier alpha value is -2.83. The van der Waals surface area contributed by atoms with Crippen LogP contribution in [0.1, 0.15) is 12.0 Å². The van der Waals surface area contributed by atoms with Gasteiger partial charge in [-0.25, -0.2) is 0 Å². The van der Waals surface area contributed by atoms with E-state index in [1.165, 1.54) is 0 Å². The van der Waals surface area contributed by atoms with Crippen LogP contribution in [0.25, 0.3) is 0 Å². The third-order valence-electron chi connectivity index (χ3n) is 4.28. The maximum Gasteiger partial charge on any atom is 0.249 e. The van der Waals surface area contributed by atoms with Crippen molar-refractivity contribution in [2.75, 3.05) is 22.1 Å². The first-order valence-electron chi connectivity index (χ1n) is 7.59. The molecule has 0 bridgehead atoms. The van der Waals surface area contributed by atoms with Crippen LogP contribution >= 0.6 is 0 Å². The minimum Gasteiger partial charge on any atom is -0.374 e. The molecule has 1 aromatic heterocycles. The van der Waals surface area contributed by atoms with Crippen LogP contribution in [-0.4, -0.2) is 34.2 Å². The third kappa shape index (κ3) is 2.44. The maximum absolute atomic E-state index is 12.6. The molecule has 23 heavy (non-hydrogen) atoms. The number of rotatable bonds is 3. The lowest BCUT2D eigenvalue weighted by atomic mass is 10.1. The topological polar surface area (TPSA) is 79.3 Å². The van der Waals surface area contributed by atoms with E-state index < -0.39 is 0 Å². The summed E-state index contributed by atoms with van der Waals surface area (Å²) in [4.78, 5) is 25.7. The molecule has 0 saturated carbocycles. The largest absolute Gasteiger partial charge is 0.374 e. The zero-order valence-electron chi connectivity index (χ0n) is 12.7. The van der Waals surface area contributed by atoms with Crippen molar-refractivity contribution in [2.45, 2.75) is 18.9 Å². The van der Waals surface area contributed by atoms with E-state index in [4.69, 9.17) is 0 Å². The van der Waals surface area contributed by atoms with Crippen LogP contribution in [0.5, 0.6) is 0 Å². The Morgan fingerprint density at radius 2 is 2.22 bits per heavy atom. The van der Waals surface area contributed by atoms with Gasteiger partial charge in [-0.15, -0.1) is 0 Å². The molecular weight excluding hydrogens is 294 g/mol. The molecule has 0 aliphatic carbocycles. The van der Waals surface area contributed by atoms with E-state index in [0.29, 0.717) is 13.0 Å². The van der Waals surface area contributed by atoms with Crippen molar-refractivity contribution in [3.63, 3.8) is 0 Å². The summed E-state index contributed by atoms with van der Waals surface area (Å²) in [6, 6.07) is 5.46. The second-order valence-electron chi connectivity index (χ2n) is 5.94. The van der Waals surface area contributed by atoms with E-state index in [9.17, 15) is 9.59 Å². The average molecular weight is 311 g/mol. The molecule has 1 fully saturated rings. The number of aromatic nitrogens is 2. The Morgan fingerprint density at radius 3 is 3.00 bits per heavy atom. The van der Waals surface area contributed by atoms with Gasteiger partial charge >= 0.3 is 0 Å². The summed E-state index contributed by atoms with van der Waals surface area (Å²) in [5.41, 5.74) is 3.52. The van der Waals surface area contributed by atoms with Crippen LogP contribution in [0, 0.1) is 0 Å². The first-order valence-corrected chi connectivity index (χ1v) is 7.59. The average Bonchev–Trinajstić information content (AvgIpc) is 3.18. The number of carbonyl (C=O) groups excluding carboxylic acids is 2. The molecule has 4 rings (SSSR count). The second-order valence-corrected chi connectivity index (χ2v) is 5.94. The zero-order valence-corrected chi connectivity index (χ0v) is 12.7. The first kappa shape index (κ1) is 13.8. The normalized spacial score (nSPS) is 19.9. The van der Waals surface area contributed by atoms with Gasteiger partial charge in [0.2, 0.25) is 11.8 Å². The molecule has 7 nitrogen and oxygen atoms in total. The minimum atomic E-state index is -0.252. The number of hydrogen-bond acceptors (Lipinski definition) is 4. The van der Waals surface area contributed by atoms with Crippen molar-refractivity contribution in [3.05, 3.63) is 36.2 Å². The molecule has 1 atom stereocenters. The molecule has 1 saturated heterocycles. The van der Waals surface area contributed by atoms with E-state index in [-0.39, 0.29) is 17.9 Å². The highest BCUT2D eigenvalue weighted by Gasteiger charge is 2.33. The predicted octanol–water partition coefficient (Wildman–Crippen LogP) is 1.13. The van der Waals surface area contributed by atoms with E-state index in [1.807, 2.05) is 31.4 Å². The molecule has 2 N–H and O–H groups in total. The van der Waals surface area contributed by atoms with E-state index >= 15 is 0 Å². The number of anilines is 3. The van der Waals surface area contributed by atoms with Gasteiger partial charge in [0.15, 0.2) is 0 Å². The number of aryl methyl sites for hydroxylation is 1. The lowest BCUT2D eigenvalue weighted by Gasteiger charge is -2.16. The molecule has 1 unspecified atom stereocenters. The molecule has 7 heteroatoms. The molecule has 2 aromatic rings. The summed E-state index contributed by atoms with van der Waals surface area (Å²) in [6.07, 6.45) is 4.67. The number of fused-ring (bicyclic) bond motifs is 1. The predicted molar refractivity (Wildman–Crippen MR) is 86.4 cm³/mol. The van der Waals surface area contributed by atoms with Crippen molar-refractivity contribution < 1.29 is 9.59 Å². The number of carbonyl (C=O) groups is 2. The molecule has 3 heterocycles. The van der Waals surface area contributed by atoms with E-state index in [0.717, 1.165) is 29.0 Å². The van der Waals surface area contributed by atoms with E-state index in [1.54, 1.807) is 15.8 Å². The Labute approximate surface area is 133 Å². The quantitative estimate of drug-likeness (QED) is 0.890. The monoisotopic (exact) mass is 311 g/mol. The molecule has 2 amide bonds. The van der Waals surface area contributed by atoms with Crippen LogP contribution in [-0.2, 0) is 23.1 Å². The van der Waals surface area contributed by atoms with Gasteiger partial charge in [0, 0.05) is 31.2 Å². The van der Waals surface area contributed by atoms with Gasteiger partial charge in [0.25, 0.3) is 0 Å². The molecule has 0 radical (unpaired) electrons. The fourth-order valence-corrected chi connectivity index (χ4v) is 3.14. The van der Waals surface area contributed by atoms with Gasteiger partial charge in [-0.05, 0) is 30.2 Å². The van der Waals surface area contributed by atoms with Crippen LogP contribution in [0.2, 0.25) is 0 Å². The standard InChI is InChI=1S/C16H17N5O2/c1-20-9-12(8-17-20)21-5-4-14(16(21)23)18-11-2-3-13-10(6-11)7-15(22)19-13/h2-3,6,8-9,14,18H,4-5,7H2,1H3,(H,19,22). The summed E-state index contributed by atoms with van der Waals surface area (Å²) >= 11 is 0. The number of nitrogens with zero attached hydrogens (tertiary/aromatic N) is 3.